The first-order chi connectivity index (χ1) is 10.8. The van der Waals surface area contributed by atoms with Crippen molar-refractivity contribution in [1.29, 1.82) is 0 Å². The lowest BCUT2D eigenvalue weighted by atomic mass is 10.3. The van der Waals surface area contributed by atoms with Gasteiger partial charge in [0.2, 0.25) is 5.91 Å². The van der Waals surface area contributed by atoms with Crippen LogP contribution in [0.5, 0.6) is 0 Å². The van der Waals surface area contributed by atoms with Gasteiger partial charge < -0.3 is 15.1 Å². The maximum absolute atomic E-state index is 11.7. The zero-order chi connectivity index (χ0) is 15.6. The van der Waals surface area contributed by atoms with Gasteiger partial charge in [0.05, 0.1) is 12.0 Å². The van der Waals surface area contributed by atoms with Crippen LogP contribution in [0, 0.1) is 0 Å². The molecule has 22 heavy (non-hydrogen) atoms. The number of rotatable bonds is 9. The van der Waals surface area contributed by atoms with Crippen LogP contribution in [0.4, 0.5) is 0 Å². The van der Waals surface area contributed by atoms with E-state index in [1.54, 1.807) is 29.5 Å². The summed E-state index contributed by atoms with van der Waals surface area (Å²) in [6.45, 7) is 0.961. The van der Waals surface area contributed by atoms with Crippen LogP contribution < -0.4 is 10.6 Å². The molecule has 0 spiro atoms. The van der Waals surface area contributed by atoms with E-state index in [2.05, 4.69) is 10.6 Å². The molecule has 2 N–H and O–H groups in total. The number of thiophene rings is 1. The number of amides is 2. The van der Waals surface area contributed by atoms with Crippen molar-refractivity contribution in [2.45, 2.75) is 12.2 Å². The lowest BCUT2D eigenvalue weighted by molar-refractivity contribution is -0.120. The van der Waals surface area contributed by atoms with Gasteiger partial charge >= 0.3 is 0 Å². The summed E-state index contributed by atoms with van der Waals surface area (Å²) in [6, 6.07) is 5.56. The minimum absolute atomic E-state index is 0.0517. The third kappa shape index (κ3) is 5.95. The summed E-state index contributed by atoms with van der Waals surface area (Å²) in [4.78, 5) is 23.3. The van der Waals surface area contributed by atoms with Gasteiger partial charge in [-0.05, 0) is 23.6 Å². The highest BCUT2D eigenvalue weighted by Crippen LogP contribution is 2.11. The Labute approximate surface area is 137 Å². The Balaban J connectivity index is 1.48. The Bertz CT molecular complexity index is 568. The predicted octanol–water partition coefficient (Wildman–Crippen LogP) is 2.51. The summed E-state index contributed by atoms with van der Waals surface area (Å²) in [7, 11) is 0. The average molecular weight is 338 g/mol. The van der Waals surface area contributed by atoms with E-state index in [0.717, 1.165) is 17.3 Å². The van der Waals surface area contributed by atoms with Crippen molar-refractivity contribution in [3.05, 3.63) is 46.5 Å². The molecule has 0 aliphatic heterocycles. The van der Waals surface area contributed by atoms with Crippen LogP contribution in [0.2, 0.25) is 0 Å². The van der Waals surface area contributed by atoms with Crippen molar-refractivity contribution in [2.24, 2.45) is 0 Å². The molecule has 2 amide bonds. The van der Waals surface area contributed by atoms with Crippen LogP contribution in [-0.2, 0) is 10.5 Å². The summed E-state index contributed by atoms with van der Waals surface area (Å²) < 4.78 is 5.22. The van der Waals surface area contributed by atoms with E-state index in [1.165, 1.54) is 11.3 Å². The fourth-order valence-electron chi connectivity index (χ4n) is 1.70. The van der Waals surface area contributed by atoms with Gasteiger partial charge in [-0.2, -0.15) is 23.1 Å². The Kier molecular flexibility index (Phi) is 7.05. The molecule has 0 aliphatic rings. The molecule has 0 radical (unpaired) electrons. The number of furan rings is 1. The monoisotopic (exact) mass is 338 g/mol. The third-order valence-electron chi connectivity index (χ3n) is 2.81. The molecule has 0 fully saturated rings. The predicted molar refractivity (Wildman–Crippen MR) is 89.1 cm³/mol. The molecule has 5 nitrogen and oxygen atoms in total. The molecule has 2 rings (SSSR count). The van der Waals surface area contributed by atoms with Crippen LogP contribution in [0.1, 0.15) is 22.5 Å². The third-order valence-corrected chi connectivity index (χ3v) is 4.48. The van der Waals surface area contributed by atoms with Crippen LogP contribution in [-0.4, -0.2) is 30.7 Å². The summed E-state index contributed by atoms with van der Waals surface area (Å²) in [5, 5.41) is 9.19. The number of thioether (sulfide) groups is 1. The molecule has 0 saturated carbocycles. The van der Waals surface area contributed by atoms with Crippen molar-refractivity contribution in [2.75, 3.05) is 18.8 Å². The second-order valence-electron chi connectivity index (χ2n) is 4.50. The van der Waals surface area contributed by atoms with E-state index < -0.39 is 0 Å². The second kappa shape index (κ2) is 9.32. The molecule has 2 heterocycles. The van der Waals surface area contributed by atoms with Crippen molar-refractivity contribution in [3.63, 3.8) is 0 Å². The van der Waals surface area contributed by atoms with Crippen LogP contribution in [0.3, 0.4) is 0 Å². The largest absolute Gasteiger partial charge is 0.468 e. The first-order valence-electron chi connectivity index (χ1n) is 6.93. The fourth-order valence-corrected chi connectivity index (χ4v) is 3.10. The van der Waals surface area contributed by atoms with Crippen LogP contribution in [0.15, 0.2) is 39.6 Å². The molecular weight excluding hydrogens is 320 g/mol. The van der Waals surface area contributed by atoms with Crippen molar-refractivity contribution in [1.82, 2.24) is 10.6 Å². The highest BCUT2D eigenvalue weighted by molar-refractivity contribution is 7.98. The summed E-state index contributed by atoms with van der Waals surface area (Å²) >= 11 is 3.18. The molecule has 0 unspecified atom stereocenters. The van der Waals surface area contributed by atoms with E-state index in [4.69, 9.17) is 4.42 Å². The van der Waals surface area contributed by atoms with Crippen molar-refractivity contribution < 1.29 is 14.0 Å². The lowest BCUT2D eigenvalue weighted by Crippen LogP contribution is -2.31. The van der Waals surface area contributed by atoms with Gasteiger partial charge in [0, 0.05) is 36.2 Å². The van der Waals surface area contributed by atoms with Gasteiger partial charge in [-0.15, -0.1) is 0 Å². The fraction of sp³-hybridized carbons (Fsp3) is 0.333. The lowest BCUT2D eigenvalue weighted by Gasteiger charge is -2.06. The minimum atomic E-state index is -0.136. The van der Waals surface area contributed by atoms with Gasteiger partial charge in [-0.1, -0.05) is 0 Å². The van der Waals surface area contributed by atoms with E-state index in [1.807, 2.05) is 17.5 Å². The first-order valence-corrected chi connectivity index (χ1v) is 9.02. The van der Waals surface area contributed by atoms with Gasteiger partial charge in [-0.25, -0.2) is 0 Å². The molecule has 118 valence electrons. The molecule has 0 saturated heterocycles. The minimum Gasteiger partial charge on any atom is -0.468 e. The van der Waals surface area contributed by atoms with Crippen molar-refractivity contribution in [3.8, 4) is 0 Å². The summed E-state index contributed by atoms with van der Waals surface area (Å²) in [5.41, 5.74) is 0.639. The number of nitrogens with one attached hydrogen (secondary N) is 2. The Morgan fingerprint density at radius 3 is 2.86 bits per heavy atom. The molecule has 0 aliphatic carbocycles. The maximum Gasteiger partial charge on any atom is 0.252 e. The molecule has 2 aromatic rings. The highest BCUT2D eigenvalue weighted by Gasteiger charge is 2.06. The van der Waals surface area contributed by atoms with Gasteiger partial charge in [0.1, 0.15) is 5.76 Å². The SMILES string of the molecule is O=C(CCNC(=O)c1ccsc1)NCCSCc1ccco1. The zero-order valence-electron chi connectivity index (χ0n) is 12.0. The van der Waals surface area contributed by atoms with Gasteiger partial charge in [0.15, 0.2) is 0 Å². The normalized spacial score (nSPS) is 10.4. The number of hydrogen-bond donors (Lipinski definition) is 2. The quantitative estimate of drug-likeness (QED) is 0.689. The van der Waals surface area contributed by atoms with E-state index in [0.29, 0.717) is 25.1 Å². The molecule has 0 aromatic carbocycles. The Hall–Kier alpha value is -1.73. The Morgan fingerprint density at radius 1 is 1.23 bits per heavy atom. The molecule has 0 bridgehead atoms. The Morgan fingerprint density at radius 2 is 2.14 bits per heavy atom. The topological polar surface area (TPSA) is 71.3 Å². The standard InChI is InChI=1S/C15H18N2O3S2/c18-14(3-5-17-15(19)12-4-8-21-10-12)16-6-9-22-11-13-2-1-7-20-13/h1-2,4,7-8,10H,3,5-6,9,11H2,(H,16,18)(H,17,19). The number of hydrogen-bond acceptors (Lipinski definition) is 5. The van der Waals surface area contributed by atoms with Gasteiger partial charge in [0.25, 0.3) is 5.91 Å². The van der Waals surface area contributed by atoms with Crippen LogP contribution in [0.25, 0.3) is 0 Å². The maximum atomic E-state index is 11.7. The average Bonchev–Trinajstić information content (AvgIpc) is 3.20. The highest BCUT2D eigenvalue weighted by atomic mass is 32.2. The van der Waals surface area contributed by atoms with Crippen molar-refractivity contribution >= 4 is 34.9 Å². The second-order valence-corrected chi connectivity index (χ2v) is 6.39. The molecule has 7 heteroatoms. The summed E-state index contributed by atoms with van der Waals surface area (Å²) in [6.07, 6.45) is 1.95. The van der Waals surface area contributed by atoms with Gasteiger partial charge in [-0.3, -0.25) is 9.59 Å². The molecule has 0 atom stereocenters. The number of carbonyl (C=O) groups is 2. The molecule has 2 aromatic heterocycles. The van der Waals surface area contributed by atoms with Crippen LogP contribution >= 0.6 is 23.1 Å². The number of carbonyl (C=O) groups excluding carboxylic acids is 2. The van der Waals surface area contributed by atoms with E-state index in [-0.39, 0.29) is 11.8 Å². The zero-order valence-corrected chi connectivity index (χ0v) is 13.7. The summed E-state index contributed by atoms with van der Waals surface area (Å²) in [5.74, 6) is 2.38. The smallest absolute Gasteiger partial charge is 0.252 e. The molecular formula is C15H18N2O3S2. The van der Waals surface area contributed by atoms with E-state index in [9.17, 15) is 9.59 Å². The van der Waals surface area contributed by atoms with E-state index >= 15 is 0 Å². The first kappa shape index (κ1) is 16.6.